The number of nitrogen functional groups attached to an aromatic ring is 1. The van der Waals surface area contributed by atoms with E-state index in [1.807, 2.05) is 42.5 Å². The summed E-state index contributed by atoms with van der Waals surface area (Å²) >= 11 is 0. The lowest BCUT2D eigenvalue weighted by atomic mass is 10.3. The van der Waals surface area contributed by atoms with Gasteiger partial charge in [-0.3, -0.25) is 0 Å². The highest BCUT2D eigenvalue weighted by molar-refractivity contribution is 5.89. The van der Waals surface area contributed by atoms with Crippen LogP contribution in [0.4, 0.5) is 16.2 Å². The van der Waals surface area contributed by atoms with Crippen molar-refractivity contribution in [3.05, 3.63) is 54.6 Å². The van der Waals surface area contributed by atoms with Crippen molar-refractivity contribution in [2.45, 2.75) is 0 Å². The van der Waals surface area contributed by atoms with Crippen LogP contribution in [-0.4, -0.2) is 19.2 Å². The number of hydrogen-bond donors (Lipinski definition) is 3. The van der Waals surface area contributed by atoms with Gasteiger partial charge in [-0.15, -0.1) is 0 Å². The summed E-state index contributed by atoms with van der Waals surface area (Å²) in [5.41, 5.74) is 7.04. The second kappa shape index (κ2) is 7.04. The van der Waals surface area contributed by atoms with Crippen molar-refractivity contribution in [2.75, 3.05) is 24.2 Å². The molecule has 2 aromatic carbocycles. The second-order valence-corrected chi connectivity index (χ2v) is 4.17. The Labute approximate surface area is 117 Å². The van der Waals surface area contributed by atoms with E-state index in [9.17, 15) is 4.79 Å². The molecule has 0 aromatic heterocycles. The highest BCUT2D eigenvalue weighted by Crippen LogP contribution is 2.13. The van der Waals surface area contributed by atoms with Crippen LogP contribution in [0, 0.1) is 0 Å². The van der Waals surface area contributed by atoms with E-state index < -0.39 is 0 Å². The van der Waals surface area contributed by atoms with Crippen LogP contribution in [0.5, 0.6) is 5.75 Å². The second-order valence-electron chi connectivity index (χ2n) is 4.17. The highest BCUT2D eigenvalue weighted by Gasteiger charge is 2.00. The van der Waals surface area contributed by atoms with Gasteiger partial charge < -0.3 is 21.1 Å². The zero-order chi connectivity index (χ0) is 14.2. The van der Waals surface area contributed by atoms with Crippen molar-refractivity contribution < 1.29 is 9.53 Å². The lowest BCUT2D eigenvalue weighted by Gasteiger charge is -2.09. The van der Waals surface area contributed by atoms with Crippen LogP contribution < -0.4 is 21.1 Å². The van der Waals surface area contributed by atoms with Gasteiger partial charge >= 0.3 is 6.03 Å². The molecule has 5 heteroatoms. The van der Waals surface area contributed by atoms with Crippen LogP contribution in [0.1, 0.15) is 0 Å². The standard InChI is InChI=1S/C15H17N3O2/c16-12-5-4-8-14(11-12)20-10-9-17-15(19)18-13-6-2-1-3-7-13/h1-8,11H,9-10,16H2,(H2,17,18,19). The van der Waals surface area contributed by atoms with Crippen LogP contribution in [-0.2, 0) is 0 Å². The first kappa shape index (κ1) is 13.7. The molecule has 2 amide bonds. The fourth-order valence-electron chi connectivity index (χ4n) is 1.63. The molecule has 2 aromatic rings. The summed E-state index contributed by atoms with van der Waals surface area (Å²) in [5.74, 6) is 0.690. The van der Waals surface area contributed by atoms with Crippen LogP contribution in [0.25, 0.3) is 0 Å². The lowest BCUT2D eigenvalue weighted by molar-refractivity contribution is 0.247. The van der Waals surface area contributed by atoms with Crippen LogP contribution in [0.2, 0.25) is 0 Å². The van der Waals surface area contributed by atoms with Crippen LogP contribution in [0.3, 0.4) is 0 Å². The third-order valence-corrected chi connectivity index (χ3v) is 2.55. The molecule has 0 saturated carbocycles. The summed E-state index contributed by atoms with van der Waals surface area (Å²) in [6, 6.07) is 16.2. The highest BCUT2D eigenvalue weighted by atomic mass is 16.5. The Morgan fingerprint density at radius 3 is 2.65 bits per heavy atom. The molecular weight excluding hydrogens is 254 g/mol. The van der Waals surface area contributed by atoms with Gasteiger partial charge in [-0.1, -0.05) is 24.3 Å². The van der Waals surface area contributed by atoms with E-state index in [2.05, 4.69) is 10.6 Å². The third-order valence-electron chi connectivity index (χ3n) is 2.55. The molecule has 0 unspecified atom stereocenters. The average Bonchev–Trinajstić information content (AvgIpc) is 2.45. The number of amides is 2. The summed E-state index contributed by atoms with van der Waals surface area (Å²) in [5, 5.41) is 5.43. The normalized spacial score (nSPS) is 9.80. The van der Waals surface area contributed by atoms with Crippen molar-refractivity contribution in [1.29, 1.82) is 0 Å². The van der Waals surface area contributed by atoms with E-state index in [0.717, 1.165) is 5.69 Å². The van der Waals surface area contributed by atoms with Crippen molar-refractivity contribution in [3.63, 3.8) is 0 Å². The first-order valence-corrected chi connectivity index (χ1v) is 6.32. The van der Waals surface area contributed by atoms with Gasteiger partial charge in [0.2, 0.25) is 0 Å². The molecule has 0 atom stereocenters. The van der Waals surface area contributed by atoms with Crippen LogP contribution >= 0.6 is 0 Å². The van der Waals surface area contributed by atoms with E-state index in [4.69, 9.17) is 10.5 Å². The maximum absolute atomic E-state index is 11.6. The van der Waals surface area contributed by atoms with Gasteiger partial charge in [-0.05, 0) is 24.3 Å². The third kappa shape index (κ3) is 4.53. The van der Waals surface area contributed by atoms with Gasteiger partial charge in [0.15, 0.2) is 0 Å². The predicted octanol–water partition coefficient (Wildman–Crippen LogP) is 2.47. The number of benzene rings is 2. The summed E-state index contributed by atoms with van der Waals surface area (Å²) in [6.45, 7) is 0.791. The summed E-state index contributed by atoms with van der Waals surface area (Å²) < 4.78 is 5.46. The molecule has 0 bridgehead atoms. The molecule has 0 aliphatic rings. The van der Waals surface area contributed by atoms with E-state index in [-0.39, 0.29) is 6.03 Å². The SMILES string of the molecule is Nc1cccc(OCCNC(=O)Nc2ccccc2)c1. The van der Waals surface area contributed by atoms with Crippen LogP contribution in [0.15, 0.2) is 54.6 Å². The van der Waals surface area contributed by atoms with Gasteiger partial charge in [-0.25, -0.2) is 4.79 Å². The minimum atomic E-state index is -0.257. The molecule has 4 N–H and O–H groups in total. The molecular formula is C15H17N3O2. The predicted molar refractivity (Wildman–Crippen MR) is 79.8 cm³/mol. The monoisotopic (exact) mass is 271 g/mol. The first-order chi connectivity index (χ1) is 9.74. The van der Waals surface area contributed by atoms with E-state index in [1.54, 1.807) is 12.1 Å². The molecule has 0 saturated heterocycles. The molecule has 0 heterocycles. The minimum absolute atomic E-state index is 0.257. The smallest absolute Gasteiger partial charge is 0.319 e. The van der Waals surface area contributed by atoms with Crippen molar-refractivity contribution in [3.8, 4) is 5.75 Å². The zero-order valence-electron chi connectivity index (χ0n) is 11.0. The number of hydrogen-bond acceptors (Lipinski definition) is 3. The van der Waals surface area contributed by atoms with Gasteiger partial charge in [0.25, 0.3) is 0 Å². The maximum Gasteiger partial charge on any atom is 0.319 e. The molecule has 0 aliphatic heterocycles. The summed E-state index contributed by atoms with van der Waals surface area (Å²) in [7, 11) is 0. The number of carbonyl (C=O) groups excluding carboxylic acids is 1. The summed E-state index contributed by atoms with van der Waals surface area (Å²) in [4.78, 5) is 11.6. The van der Waals surface area contributed by atoms with E-state index in [0.29, 0.717) is 24.6 Å². The number of urea groups is 1. The van der Waals surface area contributed by atoms with Gasteiger partial charge in [0, 0.05) is 17.4 Å². The fraction of sp³-hybridized carbons (Fsp3) is 0.133. The molecule has 0 aliphatic carbocycles. The Hall–Kier alpha value is -2.69. The number of anilines is 2. The minimum Gasteiger partial charge on any atom is -0.492 e. The molecule has 5 nitrogen and oxygen atoms in total. The largest absolute Gasteiger partial charge is 0.492 e. The molecule has 0 fully saturated rings. The topological polar surface area (TPSA) is 76.4 Å². The number of ether oxygens (including phenoxy) is 1. The molecule has 20 heavy (non-hydrogen) atoms. The van der Waals surface area contributed by atoms with Crippen molar-refractivity contribution >= 4 is 17.4 Å². The number of nitrogens with one attached hydrogen (secondary N) is 2. The van der Waals surface area contributed by atoms with Crippen molar-refractivity contribution in [1.82, 2.24) is 5.32 Å². The number of carbonyl (C=O) groups is 1. The van der Waals surface area contributed by atoms with Crippen molar-refractivity contribution in [2.24, 2.45) is 0 Å². The number of rotatable bonds is 5. The van der Waals surface area contributed by atoms with E-state index >= 15 is 0 Å². The van der Waals surface area contributed by atoms with Gasteiger partial charge in [0.1, 0.15) is 12.4 Å². The molecule has 0 spiro atoms. The zero-order valence-corrected chi connectivity index (χ0v) is 11.0. The average molecular weight is 271 g/mol. The first-order valence-electron chi connectivity index (χ1n) is 6.32. The Morgan fingerprint density at radius 1 is 1.10 bits per heavy atom. The maximum atomic E-state index is 11.6. The Kier molecular flexibility index (Phi) is 4.83. The quantitative estimate of drug-likeness (QED) is 0.577. The summed E-state index contributed by atoms with van der Waals surface area (Å²) in [6.07, 6.45) is 0. The molecule has 2 rings (SSSR count). The molecule has 0 radical (unpaired) electrons. The Morgan fingerprint density at radius 2 is 1.90 bits per heavy atom. The number of nitrogens with two attached hydrogens (primary N) is 1. The molecule has 104 valence electrons. The van der Waals surface area contributed by atoms with Gasteiger partial charge in [0.05, 0.1) is 6.54 Å². The lowest BCUT2D eigenvalue weighted by Crippen LogP contribution is -2.32. The number of para-hydroxylation sites is 1. The van der Waals surface area contributed by atoms with Gasteiger partial charge in [-0.2, -0.15) is 0 Å². The Bertz CT molecular complexity index is 558. The fourth-order valence-corrected chi connectivity index (χ4v) is 1.63. The Balaban J connectivity index is 1.67. The van der Waals surface area contributed by atoms with E-state index in [1.165, 1.54) is 0 Å².